The zero-order valence-corrected chi connectivity index (χ0v) is 12.4. The summed E-state index contributed by atoms with van der Waals surface area (Å²) in [6.07, 6.45) is 1.55. The third-order valence-corrected chi connectivity index (χ3v) is 3.34. The molecule has 0 saturated carbocycles. The maximum atomic E-state index is 11.6. The Bertz CT molecular complexity index is 448. The first-order valence-corrected chi connectivity index (χ1v) is 7.02. The highest BCUT2D eigenvalue weighted by Crippen LogP contribution is 2.12. The molecule has 2 N–H and O–H groups in total. The average molecular weight is 328 g/mol. The van der Waals surface area contributed by atoms with Crippen molar-refractivity contribution in [2.24, 2.45) is 5.92 Å². The maximum absolute atomic E-state index is 11.6. The lowest BCUT2D eigenvalue weighted by atomic mass is 10.1. The Kier molecular flexibility index (Phi) is 6.56. The van der Waals surface area contributed by atoms with Crippen molar-refractivity contribution in [2.75, 3.05) is 6.54 Å². The lowest BCUT2D eigenvalue weighted by Gasteiger charge is -2.08. The number of aryl methyl sites for hydroxylation is 1. The second kappa shape index (κ2) is 7.94. The third kappa shape index (κ3) is 6.38. The van der Waals surface area contributed by atoms with E-state index in [2.05, 4.69) is 21.2 Å². The van der Waals surface area contributed by atoms with E-state index in [9.17, 15) is 9.59 Å². The number of hydrogen-bond donors (Lipinski definition) is 2. The van der Waals surface area contributed by atoms with Crippen LogP contribution in [0.4, 0.5) is 0 Å². The Hall–Kier alpha value is -1.36. The molecule has 1 aromatic rings. The van der Waals surface area contributed by atoms with Crippen molar-refractivity contribution < 1.29 is 14.7 Å². The smallest absolute Gasteiger partial charge is 0.306 e. The van der Waals surface area contributed by atoms with E-state index in [-0.39, 0.29) is 5.91 Å². The Labute approximate surface area is 121 Å². The average Bonchev–Trinajstić information content (AvgIpc) is 2.36. The molecule has 0 saturated heterocycles. The van der Waals surface area contributed by atoms with Crippen LogP contribution in [0, 0.1) is 5.92 Å². The zero-order chi connectivity index (χ0) is 14.3. The topological polar surface area (TPSA) is 66.4 Å². The number of benzene rings is 1. The van der Waals surface area contributed by atoms with Gasteiger partial charge >= 0.3 is 5.97 Å². The minimum absolute atomic E-state index is 0.0439. The summed E-state index contributed by atoms with van der Waals surface area (Å²) >= 11 is 3.38. The molecule has 0 aliphatic rings. The van der Waals surface area contributed by atoms with Gasteiger partial charge in [-0.25, -0.2) is 0 Å². The molecule has 104 valence electrons. The standard InChI is InChI=1S/C14H18BrNO3/c1-10(14(18)19)7-8-16-13(17)6-5-11-3-2-4-12(15)9-11/h2-4,9-10H,5-8H2,1H3,(H,16,17)(H,18,19). The molecule has 1 rings (SSSR count). The number of hydrogen-bond acceptors (Lipinski definition) is 2. The van der Waals surface area contributed by atoms with Crippen LogP contribution < -0.4 is 5.32 Å². The minimum atomic E-state index is -0.830. The molecule has 1 amide bonds. The lowest BCUT2D eigenvalue weighted by Crippen LogP contribution is -2.27. The van der Waals surface area contributed by atoms with Gasteiger partial charge in [-0.3, -0.25) is 9.59 Å². The SMILES string of the molecule is CC(CCNC(=O)CCc1cccc(Br)c1)C(=O)O. The van der Waals surface area contributed by atoms with Crippen LogP contribution in [-0.2, 0) is 16.0 Å². The van der Waals surface area contributed by atoms with Gasteiger partial charge in [-0.1, -0.05) is 35.0 Å². The maximum Gasteiger partial charge on any atom is 0.306 e. The summed E-state index contributed by atoms with van der Waals surface area (Å²) in [5, 5.41) is 11.4. The van der Waals surface area contributed by atoms with Gasteiger partial charge in [-0.05, 0) is 30.5 Å². The van der Waals surface area contributed by atoms with Crippen LogP contribution >= 0.6 is 15.9 Å². The van der Waals surface area contributed by atoms with Crippen molar-refractivity contribution in [1.82, 2.24) is 5.32 Å². The fourth-order valence-electron chi connectivity index (χ4n) is 1.59. The van der Waals surface area contributed by atoms with E-state index in [0.29, 0.717) is 25.8 Å². The van der Waals surface area contributed by atoms with Crippen LogP contribution in [0.1, 0.15) is 25.3 Å². The Morgan fingerprint density at radius 2 is 2.16 bits per heavy atom. The summed E-state index contributed by atoms with van der Waals surface area (Å²) in [7, 11) is 0. The van der Waals surface area contributed by atoms with Crippen LogP contribution in [0.2, 0.25) is 0 Å². The molecule has 0 fully saturated rings. The molecule has 19 heavy (non-hydrogen) atoms. The molecular formula is C14H18BrNO3. The van der Waals surface area contributed by atoms with Gasteiger partial charge in [0, 0.05) is 17.4 Å². The number of aliphatic carboxylic acids is 1. The summed E-state index contributed by atoms with van der Waals surface area (Å²) in [4.78, 5) is 22.2. The number of halogens is 1. The third-order valence-electron chi connectivity index (χ3n) is 2.85. The molecule has 0 spiro atoms. The van der Waals surface area contributed by atoms with E-state index in [0.717, 1.165) is 10.0 Å². The number of rotatable bonds is 7. The van der Waals surface area contributed by atoms with Gasteiger partial charge in [-0.2, -0.15) is 0 Å². The van der Waals surface area contributed by atoms with Crippen LogP contribution in [0.3, 0.4) is 0 Å². The first-order valence-electron chi connectivity index (χ1n) is 6.23. The van der Waals surface area contributed by atoms with Crippen molar-refractivity contribution in [2.45, 2.75) is 26.2 Å². The van der Waals surface area contributed by atoms with E-state index in [1.807, 2.05) is 24.3 Å². The lowest BCUT2D eigenvalue weighted by molar-refractivity contribution is -0.141. The van der Waals surface area contributed by atoms with Crippen molar-refractivity contribution in [1.29, 1.82) is 0 Å². The zero-order valence-electron chi connectivity index (χ0n) is 10.9. The van der Waals surface area contributed by atoms with Crippen molar-refractivity contribution >= 4 is 27.8 Å². The van der Waals surface area contributed by atoms with Gasteiger partial charge < -0.3 is 10.4 Å². The molecular weight excluding hydrogens is 310 g/mol. The minimum Gasteiger partial charge on any atom is -0.481 e. The molecule has 5 heteroatoms. The van der Waals surface area contributed by atoms with Gasteiger partial charge in [0.15, 0.2) is 0 Å². The summed E-state index contributed by atoms with van der Waals surface area (Å²) in [6.45, 7) is 2.04. The highest BCUT2D eigenvalue weighted by Gasteiger charge is 2.10. The highest BCUT2D eigenvalue weighted by molar-refractivity contribution is 9.10. The number of nitrogens with one attached hydrogen (secondary N) is 1. The molecule has 1 unspecified atom stereocenters. The van der Waals surface area contributed by atoms with Crippen molar-refractivity contribution in [3.63, 3.8) is 0 Å². The fraction of sp³-hybridized carbons (Fsp3) is 0.429. The first kappa shape index (κ1) is 15.7. The van der Waals surface area contributed by atoms with E-state index in [1.54, 1.807) is 6.92 Å². The second-order valence-corrected chi connectivity index (χ2v) is 5.42. The van der Waals surface area contributed by atoms with E-state index in [1.165, 1.54) is 0 Å². The van der Waals surface area contributed by atoms with Gasteiger partial charge in [-0.15, -0.1) is 0 Å². The van der Waals surface area contributed by atoms with E-state index < -0.39 is 11.9 Å². The van der Waals surface area contributed by atoms with Crippen LogP contribution in [0.5, 0.6) is 0 Å². The van der Waals surface area contributed by atoms with Crippen LogP contribution in [0.15, 0.2) is 28.7 Å². The predicted molar refractivity (Wildman–Crippen MR) is 76.9 cm³/mol. The molecule has 0 aliphatic heterocycles. The summed E-state index contributed by atoms with van der Waals surface area (Å²) in [6, 6.07) is 7.84. The van der Waals surface area contributed by atoms with Crippen LogP contribution in [0.25, 0.3) is 0 Å². The number of carboxylic acids is 1. The summed E-state index contributed by atoms with van der Waals surface area (Å²) in [5.41, 5.74) is 1.10. The summed E-state index contributed by atoms with van der Waals surface area (Å²) in [5.74, 6) is -1.30. The normalized spacial score (nSPS) is 11.9. The molecule has 0 bridgehead atoms. The van der Waals surface area contributed by atoms with Gasteiger partial charge in [0.2, 0.25) is 5.91 Å². The predicted octanol–water partition coefficient (Wildman–Crippen LogP) is 2.61. The number of amides is 1. The van der Waals surface area contributed by atoms with E-state index >= 15 is 0 Å². The number of carboxylic acid groups (broad SMARTS) is 1. The molecule has 0 aliphatic carbocycles. The highest BCUT2D eigenvalue weighted by atomic mass is 79.9. The Balaban J connectivity index is 2.23. The quantitative estimate of drug-likeness (QED) is 0.808. The van der Waals surface area contributed by atoms with Crippen LogP contribution in [-0.4, -0.2) is 23.5 Å². The molecule has 0 radical (unpaired) electrons. The van der Waals surface area contributed by atoms with Crippen molar-refractivity contribution in [3.05, 3.63) is 34.3 Å². The van der Waals surface area contributed by atoms with Gasteiger partial charge in [0.1, 0.15) is 0 Å². The summed E-state index contributed by atoms with van der Waals surface area (Å²) < 4.78 is 1.00. The van der Waals surface area contributed by atoms with Gasteiger partial charge in [0.05, 0.1) is 5.92 Å². The largest absolute Gasteiger partial charge is 0.481 e. The molecule has 1 aromatic carbocycles. The Morgan fingerprint density at radius 3 is 2.79 bits per heavy atom. The molecule has 4 nitrogen and oxygen atoms in total. The van der Waals surface area contributed by atoms with Crippen molar-refractivity contribution in [3.8, 4) is 0 Å². The second-order valence-electron chi connectivity index (χ2n) is 4.51. The Morgan fingerprint density at radius 1 is 1.42 bits per heavy atom. The number of carbonyl (C=O) groups excluding carboxylic acids is 1. The molecule has 0 heterocycles. The van der Waals surface area contributed by atoms with Gasteiger partial charge in [0.25, 0.3) is 0 Å². The molecule has 1 atom stereocenters. The monoisotopic (exact) mass is 327 g/mol. The number of carbonyl (C=O) groups is 2. The molecule has 0 aromatic heterocycles. The fourth-order valence-corrected chi connectivity index (χ4v) is 2.04. The first-order chi connectivity index (χ1) is 8.99. The van der Waals surface area contributed by atoms with E-state index in [4.69, 9.17) is 5.11 Å².